The highest BCUT2D eigenvalue weighted by Gasteiger charge is 2.25. The fourth-order valence-electron chi connectivity index (χ4n) is 1.85. The smallest absolute Gasteiger partial charge is 0.316 e. The third-order valence-corrected chi connectivity index (χ3v) is 2.80. The highest BCUT2D eigenvalue weighted by molar-refractivity contribution is 6.40. The Morgan fingerprint density at radius 3 is 2.05 bits per heavy atom. The highest BCUT2D eigenvalue weighted by atomic mass is 16.2. The van der Waals surface area contributed by atoms with Gasteiger partial charge in [-0.3, -0.25) is 9.59 Å². The van der Waals surface area contributed by atoms with E-state index in [1.165, 1.54) is 9.80 Å². The van der Waals surface area contributed by atoms with E-state index in [4.69, 9.17) is 0 Å². The van der Waals surface area contributed by atoms with E-state index >= 15 is 0 Å². The van der Waals surface area contributed by atoms with Crippen LogP contribution in [0.1, 0.15) is 6.92 Å². The summed E-state index contributed by atoms with van der Waals surface area (Å²) >= 11 is 0. The van der Waals surface area contributed by atoms with Crippen molar-refractivity contribution >= 4 is 17.5 Å². The summed E-state index contributed by atoms with van der Waals surface area (Å²) in [6, 6.07) is 9.15. The Bertz CT molecular complexity index is 473. The molecule has 0 unspecified atom stereocenters. The maximum atomic E-state index is 12.3. The number of anilines is 1. The van der Waals surface area contributed by atoms with Crippen LogP contribution in [-0.2, 0) is 9.59 Å². The normalized spacial score (nSPS) is 9.65. The largest absolute Gasteiger partial charge is 0.327 e. The number of hydrogen-bond acceptors (Lipinski definition) is 2. The first-order valence-corrected chi connectivity index (χ1v) is 6.53. The maximum absolute atomic E-state index is 12.3. The number of carbonyl (C=O) groups excluding carboxylic acids is 2. The van der Waals surface area contributed by atoms with Gasteiger partial charge in [-0.15, -0.1) is 13.2 Å². The van der Waals surface area contributed by atoms with Crippen molar-refractivity contribution in [3.63, 3.8) is 0 Å². The number of nitrogens with zero attached hydrogens (tertiary/aromatic N) is 2. The summed E-state index contributed by atoms with van der Waals surface area (Å²) in [6.45, 7) is 10.1. The molecule has 4 heteroatoms. The monoisotopic (exact) mass is 272 g/mol. The molecule has 0 radical (unpaired) electrons. The molecule has 20 heavy (non-hydrogen) atoms. The molecule has 0 aliphatic carbocycles. The van der Waals surface area contributed by atoms with E-state index in [0.29, 0.717) is 25.3 Å². The van der Waals surface area contributed by atoms with Crippen LogP contribution in [0.25, 0.3) is 0 Å². The van der Waals surface area contributed by atoms with Crippen LogP contribution >= 0.6 is 0 Å². The van der Waals surface area contributed by atoms with E-state index in [1.807, 2.05) is 25.1 Å². The number of benzene rings is 1. The summed E-state index contributed by atoms with van der Waals surface area (Å²) in [5, 5.41) is 0. The number of amides is 2. The summed E-state index contributed by atoms with van der Waals surface area (Å²) in [6.07, 6.45) is 3.18. The molecule has 0 saturated carbocycles. The number of hydrogen-bond donors (Lipinski definition) is 0. The third-order valence-electron chi connectivity index (χ3n) is 2.80. The molecule has 1 rings (SSSR count). The van der Waals surface area contributed by atoms with Gasteiger partial charge in [0.05, 0.1) is 0 Å². The second kappa shape index (κ2) is 7.94. The quantitative estimate of drug-likeness (QED) is 0.588. The molecule has 0 bridgehead atoms. The van der Waals surface area contributed by atoms with Crippen LogP contribution in [0.2, 0.25) is 0 Å². The molecule has 0 aliphatic rings. The van der Waals surface area contributed by atoms with Crippen molar-refractivity contribution in [1.29, 1.82) is 0 Å². The van der Waals surface area contributed by atoms with Gasteiger partial charge in [-0.1, -0.05) is 30.4 Å². The van der Waals surface area contributed by atoms with Crippen molar-refractivity contribution in [3.05, 3.63) is 55.6 Å². The predicted molar refractivity (Wildman–Crippen MR) is 81.4 cm³/mol. The van der Waals surface area contributed by atoms with Crippen LogP contribution in [0.3, 0.4) is 0 Å². The van der Waals surface area contributed by atoms with Gasteiger partial charge in [0.25, 0.3) is 0 Å². The average Bonchev–Trinajstić information content (AvgIpc) is 2.48. The van der Waals surface area contributed by atoms with Crippen LogP contribution in [0.15, 0.2) is 55.6 Å². The molecule has 0 aromatic heterocycles. The molecule has 1 aromatic rings. The van der Waals surface area contributed by atoms with Gasteiger partial charge in [-0.05, 0) is 19.1 Å². The molecule has 0 aliphatic heterocycles. The van der Waals surface area contributed by atoms with Crippen molar-refractivity contribution < 1.29 is 9.59 Å². The summed E-state index contributed by atoms with van der Waals surface area (Å²) < 4.78 is 0. The number of rotatable bonds is 6. The first-order valence-electron chi connectivity index (χ1n) is 6.53. The van der Waals surface area contributed by atoms with Crippen molar-refractivity contribution in [2.45, 2.75) is 6.92 Å². The van der Waals surface area contributed by atoms with E-state index in [1.54, 1.807) is 24.3 Å². The lowest BCUT2D eigenvalue weighted by atomic mass is 10.2. The van der Waals surface area contributed by atoms with E-state index < -0.39 is 11.8 Å². The van der Waals surface area contributed by atoms with Gasteiger partial charge in [0.2, 0.25) is 0 Å². The number of carbonyl (C=O) groups is 2. The molecule has 0 atom stereocenters. The maximum Gasteiger partial charge on any atom is 0.316 e. The Morgan fingerprint density at radius 2 is 1.60 bits per heavy atom. The zero-order valence-corrected chi connectivity index (χ0v) is 11.8. The lowest BCUT2D eigenvalue weighted by molar-refractivity contribution is -0.143. The Morgan fingerprint density at radius 1 is 1.05 bits per heavy atom. The summed E-state index contributed by atoms with van der Waals surface area (Å²) in [4.78, 5) is 27.4. The van der Waals surface area contributed by atoms with Crippen LogP contribution in [0.5, 0.6) is 0 Å². The first kappa shape index (κ1) is 15.7. The Balaban J connectivity index is 2.92. The molecule has 0 fully saturated rings. The fraction of sp³-hybridized carbons (Fsp3) is 0.250. The molecule has 0 saturated heterocycles. The minimum atomic E-state index is -0.546. The molecular formula is C16H20N2O2. The third kappa shape index (κ3) is 3.82. The lowest BCUT2D eigenvalue weighted by Crippen LogP contribution is -2.45. The van der Waals surface area contributed by atoms with Gasteiger partial charge in [-0.2, -0.15) is 0 Å². The van der Waals surface area contributed by atoms with E-state index in [9.17, 15) is 9.59 Å². The van der Waals surface area contributed by atoms with E-state index in [2.05, 4.69) is 13.2 Å². The zero-order valence-electron chi connectivity index (χ0n) is 11.8. The van der Waals surface area contributed by atoms with Crippen LogP contribution in [-0.4, -0.2) is 36.3 Å². The SMILES string of the molecule is C=CCN(CC=C)C(=O)C(=O)N(CC)c1ccccc1. The topological polar surface area (TPSA) is 40.6 Å². The second-order valence-corrected chi connectivity index (χ2v) is 4.17. The van der Waals surface area contributed by atoms with Crippen molar-refractivity contribution in [1.82, 2.24) is 4.90 Å². The standard InChI is InChI=1S/C16H20N2O2/c1-4-12-17(13-5-2)15(19)16(20)18(6-3)14-10-8-7-9-11-14/h4-5,7-11H,1-2,6,12-13H2,3H3. The van der Waals surface area contributed by atoms with Gasteiger partial charge in [0.1, 0.15) is 0 Å². The first-order chi connectivity index (χ1) is 9.65. The van der Waals surface area contributed by atoms with Gasteiger partial charge in [0.15, 0.2) is 0 Å². The molecule has 0 heterocycles. The van der Waals surface area contributed by atoms with Gasteiger partial charge in [0, 0.05) is 25.3 Å². The fourth-order valence-corrected chi connectivity index (χ4v) is 1.85. The summed E-state index contributed by atoms with van der Waals surface area (Å²) in [5.41, 5.74) is 0.713. The summed E-state index contributed by atoms with van der Waals surface area (Å²) in [5.74, 6) is -1.09. The predicted octanol–water partition coefficient (Wildman–Crippen LogP) is 2.24. The van der Waals surface area contributed by atoms with Gasteiger partial charge in [-0.25, -0.2) is 0 Å². The van der Waals surface area contributed by atoms with Gasteiger partial charge >= 0.3 is 11.8 Å². The Hall–Kier alpha value is -2.36. The van der Waals surface area contributed by atoms with Crippen molar-refractivity contribution in [2.75, 3.05) is 24.5 Å². The molecule has 2 amide bonds. The van der Waals surface area contributed by atoms with Crippen LogP contribution < -0.4 is 4.90 Å². The number of likely N-dealkylation sites (N-methyl/N-ethyl adjacent to an activating group) is 1. The van der Waals surface area contributed by atoms with Crippen molar-refractivity contribution in [3.8, 4) is 0 Å². The lowest BCUT2D eigenvalue weighted by Gasteiger charge is -2.24. The van der Waals surface area contributed by atoms with E-state index in [-0.39, 0.29) is 0 Å². The van der Waals surface area contributed by atoms with E-state index in [0.717, 1.165) is 0 Å². The van der Waals surface area contributed by atoms with Crippen LogP contribution in [0, 0.1) is 0 Å². The molecular weight excluding hydrogens is 252 g/mol. The summed E-state index contributed by atoms with van der Waals surface area (Å²) in [7, 11) is 0. The molecule has 106 valence electrons. The van der Waals surface area contributed by atoms with Gasteiger partial charge < -0.3 is 9.80 Å². The molecule has 0 N–H and O–H groups in total. The molecule has 0 spiro atoms. The molecule has 1 aromatic carbocycles. The second-order valence-electron chi connectivity index (χ2n) is 4.17. The average molecular weight is 272 g/mol. The van der Waals surface area contributed by atoms with Crippen molar-refractivity contribution in [2.24, 2.45) is 0 Å². The minimum Gasteiger partial charge on any atom is -0.327 e. The highest BCUT2D eigenvalue weighted by Crippen LogP contribution is 2.13. The zero-order chi connectivity index (χ0) is 15.0. The Kier molecular flexibility index (Phi) is 6.23. The minimum absolute atomic E-state index is 0.322. The molecule has 4 nitrogen and oxygen atoms in total. The Labute approximate surface area is 120 Å². The van der Waals surface area contributed by atoms with Crippen LogP contribution in [0.4, 0.5) is 5.69 Å². The number of para-hydroxylation sites is 1.